The van der Waals surface area contributed by atoms with E-state index < -0.39 is 0 Å². The molecule has 1 N–H and O–H groups in total. The van der Waals surface area contributed by atoms with Gasteiger partial charge in [-0.25, -0.2) is 0 Å². The molecule has 1 atom stereocenters. The van der Waals surface area contributed by atoms with Gasteiger partial charge in [-0.2, -0.15) is 0 Å². The Bertz CT molecular complexity index is 208. The average molecular weight is 213 g/mol. The highest BCUT2D eigenvalue weighted by molar-refractivity contribution is 5.79. The van der Waals surface area contributed by atoms with Crippen molar-refractivity contribution in [3.63, 3.8) is 0 Å². The Balaban J connectivity index is 2.35. The van der Waals surface area contributed by atoms with E-state index in [2.05, 4.69) is 17.1 Å². The second-order valence-electron chi connectivity index (χ2n) is 4.22. The Labute approximate surface area is 92.6 Å². The van der Waals surface area contributed by atoms with Gasteiger partial charge in [0.05, 0.1) is 6.54 Å². The van der Waals surface area contributed by atoms with E-state index in [1.54, 1.807) is 0 Å². The number of nitrogens with zero attached hydrogens (tertiary/aromatic N) is 2. The van der Waals surface area contributed by atoms with Gasteiger partial charge >= 0.3 is 0 Å². The Morgan fingerprint density at radius 1 is 1.53 bits per heavy atom. The summed E-state index contributed by atoms with van der Waals surface area (Å²) in [5.74, 6) is 0.278. The highest BCUT2D eigenvalue weighted by Gasteiger charge is 2.27. The van der Waals surface area contributed by atoms with Crippen molar-refractivity contribution in [1.82, 2.24) is 15.1 Å². The molecule has 15 heavy (non-hydrogen) atoms. The van der Waals surface area contributed by atoms with Crippen molar-refractivity contribution < 1.29 is 4.79 Å². The van der Waals surface area contributed by atoms with Crippen molar-refractivity contribution in [1.29, 1.82) is 0 Å². The van der Waals surface area contributed by atoms with E-state index in [9.17, 15) is 4.79 Å². The van der Waals surface area contributed by atoms with Crippen LogP contribution in [0.25, 0.3) is 0 Å². The lowest BCUT2D eigenvalue weighted by Gasteiger charge is -2.39. The van der Waals surface area contributed by atoms with Crippen molar-refractivity contribution in [2.75, 3.05) is 39.8 Å². The van der Waals surface area contributed by atoms with Gasteiger partial charge in [-0.1, -0.05) is 0 Å². The first-order valence-corrected chi connectivity index (χ1v) is 5.85. The maximum atomic E-state index is 11.7. The molecule has 4 heteroatoms. The molecular weight excluding hydrogens is 190 g/mol. The van der Waals surface area contributed by atoms with E-state index >= 15 is 0 Å². The fourth-order valence-corrected chi connectivity index (χ4v) is 2.20. The molecule has 0 aromatic rings. The number of piperazine rings is 1. The van der Waals surface area contributed by atoms with Gasteiger partial charge in [0.15, 0.2) is 0 Å². The molecular formula is C11H23N3O. The Morgan fingerprint density at radius 2 is 2.27 bits per heavy atom. The number of amides is 1. The van der Waals surface area contributed by atoms with E-state index in [0.29, 0.717) is 12.6 Å². The standard InChI is InChI=1S/C11H23N3O/c1-4-14-10(2)8-13(9-11(14)15)7-5-6-12-3/h10,12H,4-9H2,1-3H3. The zero-order valence-corrected chi connectivity index (χ0v) is 10.1. The van der Waals surface area contributed by atoms with Crippen LogP contribution in [0.3, 0.4) is 0 Å². The monoisotopic (exact) mass is 213 g/mol. The van der Waals surface area contributed by atoms with Gasteiger partial charge in [-0.05, 0) is 40.4 Å². The third-order valence-corrected chi connectivity index (χ3v) is 2.98. The number of hydrogen-bond donors (Lipinski definition) is 1. The number of carbonyl (C=O) groups excluding carboxylic acids is 1. The zero-order valence-electron chi connectivity index (χ0n) is 10.1. The normalized spacial score (nSPS) is 23.5. The van der Waals surface area contributed by atoms with Crippen molar-refractivity contribution in [2.45, 2.75) is 26.3 Å². The summed E-state index contributed by atoms with van der Waals surface area (Å²) >= 11 is 0. The van der Waals surface area contributed by atoms with Gasteiger partial charge in [0, 0.05) is 19.1 Å². The minimum absolute atomic E-state index is 0.278. The fraction of sp³-hybridized carbons (Fsp3) is 0.909. The largest absolute Gasteiger partial charge is 0.338 e. The molecule has 1 fully saturated rings. The van der Waals surface area contributed by atoms with E-state index in [1.807, 2.05) is 18.9 Å². The van der Waals surface area contributed by atoms with E-state index in [0.717, 1.165) is 32.6 Å². The Hall–Kier alpha value is -0.610. The smallest absolute Gasteiger partial charge is 0.237 e. The minimum atomic E-state index is 0.278. The van der Waals surface area contributed by atoms with Gasteiger partial charge in [0.25, 0.3) is 0 Å². The summed E-state index contributed by atoms with van der Waals surface area (Å²) in [5, 5.41) is 3.13. The summed E-state index contributed by atoms with van der Waals surface area (Å²) in [6, 6.07) is 0.367. The molecule has 88 valence electrons. The van der Waals surface area contributed by atoms with Crippen LogP contribution in [-0.2, 0) is 4.79 Å². The SMILES string of the molecule is CCN1C(=O)CN(CCCNC)CC1C. The lowest BCUT2D eigenvalue weighted by molar-refractivity contribution is -0.138. The molecule has 0 spiro atoms. The average Bonchev–Trinajstić information content (AvgIpc) is 2.18. The maximum absolute atomic E-state index is 11.7. The van der Waals surface area contributed by atoms with Crippen molar-refractivity contribution >= 4 is 5.91 Å². The van der Waals surface area contributed by atoms with Crippen molar-refractivity contribution in [3.05, 3.63) is 0 Å². The Morgan fingerprint density at radius 3 is 2.80 bits per heavy atom. The molecule has 1 saturated heterocycles. The van der Waals surface area contributed by atoms with Gasteiger partial charge in [-0.15, -0.1) is 0 Å². The van der Waals surface area contributed by atoms with E-state index in [4.69, 9.17) is 0 Å². The van der Waals surface area contributed by atoms with E-state index in [1.165, 1.54) is 0 Å². The van der Waals surface area contributed by atoms with Gasteiger partial charge < -0.3 is 10.2 Å². The molecule has 4 nitrogen and oxygen atoms in total. The third-order valence-electron chi connectivity index (χ3n) is 2.98. The summed E-state index contributed by atoms with van der Waals surface area (Å²) in [4.78, 5) is 16.0. The minimum Gasteiger partial charge on any atom is -0.338 e. The third kappa shape index (κ3) is 3.47. The maximum Gasteiger partial charge on any atom is 0.237 e. The molecule has 1 rings (SSSR count). The van der Waals surface area contributed by atoms with Crippen LogP contribution in [0.5, 0.6) is 0 Å². The predicted molar refractivity (Wildman–Crippen MR) is 61.8 cm³/mol. The summed E-state index contributed by atoms with van der Waals surface area (Å²) < 4.78 is 0. The summed E-state index contributed by atoms with van der Waals surface area (Å²) in [6.07, 6.45) is 1.11. The first-order valence-electron chi connectivity index (χ1n) is 5.85. The van der Waals surface area contributed by atoms with Crippen LogP contribution in [0.1, 0.15) is 20.3 Å². The second-order valence-corrected chi connectivity index (χ2v) is 4.22. The number of hydrogen-bond acceptors (Lipinski definition) is 3. The van der Waals surface area contributed by atoms with Crippen LogP contribution >= 0.6 is 0 Å². The van der Waals surface area contributed by atoms with Crippen molar-refractivity contribution in [3.8, 4) is 0 Å². The van der Waals surface area contributed by atoms with Crippen molar-refractivity contribution in [2.24, 2.45) is 0 Å². The number of carbonyl (C=O) groups is 1. The molecule has 0 aliphatic carbocycles. The second kappa shape index (κ2) is 6.08. The number of likely N-dealkylation sites (N-methyl/N-ethyl adjacent to an activating group) is 1. The number of rotatable bonds is 5. The van der Waals surface area contributed by atoms with Gasteiger partial charge in [0.1, 0.15) is 0 Å². The molecule has 1 heterocycles. The lowest BCUT2D eigenvalue weighted by atomic mass is 10.2. The molecule has 1 unspecified atom stereocenters. The van der Waals surface area contributed by atoms with Crippen LogP contribution in [0, 0.1) is 0 Å². The zero-order chi connectivity index (χ0) is 11.3. The quantitative estimate of drug-likeness (QED) is 0.660. The molecule has 0 radical (unpaired) electrons. The molecule has 0 saturated carbocycles. The van der Waals surface area contributed by atoms with Gasteiger partial charge in [0.2, 0.25) is 5.91 Å². The van der Waals surface area contributed by atoms with E-state index in [-0.39, 0.29) is 5.91 Å². The summed E-state index contributed by atoms with van der Waals surface area (Å²) in [5.41, 5.74) is 0. The molecule has 1 aliphatic rings. The van der Waals surface area contributed by atoms with Crippen LogP contribution in [0.15, 0.2) is 0 Å². The molecule has 0 bridgehead atoms. The molecule has 1 aliphatic heterocycles. The molecule has 0 aromatic carbocycles. The first kappa shape index (κ1) is 12.5. The van der Waals surface area contributed by atoms with Crippen LogP contribution in [0.4, 0.5) is 0 Å². The molecule has 1 amide bonds. The van der Waals surface area contributed by atoms with Crippen LogP contribution in [-0.4, -0.2) is 61.5 Å². The number of nitrogens with one attached hydrogen (secondary N) is 1. The van der Waals surface area contributed by atoms with Gasteiger partial charge in [-0.3, -0.25) is 9.69 Å². The lowest BCUT2D eigenvalue weighted by Crippen LogP contribution is -2.55. The highest BCUT2D eigenvalue weighted by atomic mass is 16.2. The summed E-state index contributed by atoms with van der Waals surface area (Å²) in [6.45, 7) is 8.68. The topological polar surface area (TPSA) is 35.6 Å². The highest BCUT2D eigenvalue weighted by Crippen LogP contribution is 2.10. The first-order chi connectivity index (χ1) is 7.19. The predicted octanol–water partition coefficient (Wildman–Crippen LogP) is 0.149. The van der Waals surface area contributed by atoms with Crippen LogP contribution in [0.2, 0.25) is 0 Å². The fourth-order valence-electron chi connectivity index (χ4n) is 2.20. The Kier molecular flexibility index (Phi) is 5.05. The van der Waals surface area contributed by atoms with Crippen LogP contribution < -0.4 is 5.32 Å². The molecule has 0 aromatic heterocycles. The summed E-state index contributed by atoms with van der Waals surface area (Å²) in [7, 11) is 1.96.